The van der Waals surface area contributed by atoms with Gasteiger partial charge < -0.3 is 25.6 Å². The number of carbonyl (C=O) groups is 2. The fraction of sp³-hybridized carbons (Fsp3) is 0.421. The van der Waals surface area contributed by atoms with E-state index in [1.165, 1.54) is 4.90 Å². The van der Waals surface area contributed by atoms with E-state index in [2.05, 4.69) is 17.2 Å². The summed E-state index contributed by atoms with van der Waals surface area (Å²) in [6.45, 7) is 6.12. The second-order valence-electron chi connectivity index (χ2n) is 6.95. The molecule has 148 valence electrons. The second kappa shape index (κ2) is 9.92. The number of urea groups is 1. The molecule has 9 heteroatoms. The summed E-state index contributed by atoms with van der Waals surface area (Å²) < 4.78 is 0. The maximum Gasteiger partial charge on any atom is 0.475 e. The predicted octanol–water partition coefficient (Wildman–Crippen LogP) is 0.288. The molecule has 0 unspecified atom stereocenters. The molecule has 1 aliphatic rings. The Bertz CT molecular complexity index is 760. The zero-order valence-electron chi connectivity index (χ0n) is 15.9. The van der Waals surface area contributed by atoms with Crippen LogP contribution < -0.4 is 10.6 Å². The van der Waals surface area contributed by atoms with Gasteiger partial charge in [0.25, 0.3) is 5.91 Å². The van der Waals surface area contributed by atoms with E-state index in [9.17, 15) is 19.6 Å². The van der Waals surface area contributed by atoms with Crippen LogP contribution in [0, 0.1) is 18.3 Å². The molecule has 1 aromatic rings. The number of benzene rings is 1. The molecular weight excluding hydrogens is 359 g/mol. The van der Waals surface area contributed by atoms with Crippen molar-refractivity contribution < 1.29 is 19.6 Å². The van der Waals surface area contributed by atoms with Gasteiger partial charge in [-0.05, 0) is 31.7 Å². The van der Waals surface area contributed by atoms with Gasteiger partial charge in [0.1, 0.15) is 11.6 Å². The first-order valence-electron chi connectivity index (χ1n) is 9.18. The van der Waals surface area contributed by atoms with E-state index < -0.39 is 25.0 Å². The number of rotatable bonds is 7. The largest absolute Gasteiger partial charge is 0.475 e. The molecule has 1 saturated heterocycles. The minimum atomic E-state index is -1.71. The lowest BCUT2D eigenvalue weighted by Crippen LogP contribution is -2.53. The van der Waals surface area contributed by atoms with Crippen molar-refractivity contribution in [3.05, 3.63) is 47.5 Å². The van der Waals surface area contributed by atoms with Crippen LogP contribution in [0.15, 0.2) is 36.4 Å². The molecule has 3 amide bonds. The summed E-state index contributed by atoms with van der Waals surface area (Å²) >= 11 is 0. The van der Waals surface area contributed by atoms with Gasteiger partial charge in [0.15, 0.2) is 0 Å². The lowest BCUT2D eigenvalue weighted by molar-refractivity contribution is -0.127. The Morgan fingerprint density at radius 2 is 2.07 bits per heavy atom. The highest BCUT2D eigenvalue weighted by molar-refractivity contribution is 6.43. The summed E-state index contributed by atoms with van der Waals surface area (Å²) in [6.07, 6.45) is 1.76. The number of likely N-dealkylation sites (tertiary alicyclic amines) is 1. The van der Waals surface area contributed by atoms with Crippen LogP contribution in [0.4, 0.5) is 4.79 Å². The van der Waals surface area contributed by atoms with Crippen LogP contribution in [0.25, 0.3) is 0 Å². The van der Waals surface area contributed by atoms with Crippen LogP contribution in [-0.2, 0) is 11.2 Å². The molecule has 1 aliphatic heterocycles. The Kier molecular flexibility index (Phi) is 7.61. The first-order chi connectivity index (χ1) is 13.3. The smallest absolute Gasteiger partial charge is 0.426 e. The molecule has 4 N–H and O–H groups in total. The number of nitriles is 1. The monoisotopic (exact) mass is 384 g/mol. The minimum absolute atomic E-state index is 0.127. The average molecular weight is 384 g/mol. The van der Waals surface area contributed by atoms with Crippen molar-refractivity contribution in [2.24, 2.45) is 0 Å². The second-order valence-corrected chi connectivity index (χ2v) is 6.95. The van der Waals surface area contributed by atoms with Crippen molar-refractivity contribution in [3.63, 3.8) is 0 Å². The predicted molar refractivity (Wildman–Crippen MR) is 105 cm³/mol. The van der Waals surface area contributed by atoms with Gasteiger partial charge in [0.05, 0.1) is 5.94 Å². The number of hydrogen-bond acceptors (Lipinski definition) is 5. The first kappa shape index (κ1) is 21.5. The molecule has 0 aromatic heterocycles. The van der Waals surface area contributed by atoms with E-state index in [-0.39, 0.29) is 24.6 Å². The first-order valence-corrected chi connectivity index (χ1v) is 9.18. The van der Waals surface area contributed by atoms with Gasteiger partial charge in [0, 0.05) is 19.1 Å². The average Bonchev–Trinajstić information content (AvgIpc) is 3.14. The van der Waals surface area contributed by atoms with Crippen LogP contribution in [0.1, 0.15) is 24.0 Å². The number of nitrogens with zero attached hydrogens (tertiary/aromatic N) is 2. The van der Waals surface area contributed by atoms with Crippen LogP contribution in [0.3, 0.4) is 0 Å². The highest BCUT2D eigenvalue weighted by Crippen LogP contribution is 2.18. The van der Waals surface area contributed by atoms with Crippen LogP contribution in [0.5, 0.6) is 0 Å². The minimum Gasteiger partial charge on any atom is -0.426 e. The molecule has 0 aliphatic carbocycles. The van der Waals surface area contributed by atoms with Crippen molar-refractivity contribution in [1.29, 1.82) is 5.26 Å². The molecule has 1 heterocycles. The van der Waals surface area contributed by atoms with Crippen molar-refractivity contribution in [1.82, 2.24) is 15.5 Å². The standard InChI is InChI=1S/C19H25BN4O4/c1-13-5-7-15(8-6-13)10-17(20(27)28)23-19(26)22-12-16-4-3-9-24(16)18(25)14(2)11-21/h5-8,16-17,27-28H,2-4,9-10,12H2,1H3,(H2,22,23,26)/t16-,17+/m1/s1. The molecule has 1 aromatic carbocycles. The van der Waals surface area contributed by atoms with Gasteiger partial charge in [0.2, 0.25) is 0 Å². The molecular formula is C19H25BN4O4. The number of amides is 3. The highest BCUT2D eigenvalue weighted by Gasteiger charge is 2.31. The van der Waals surface area contributed by atoms with Gasteiger partial charge in [-0.3, -0.25) is 4.79 Å². The fourth-order valence-electron chi connectivity index (χ4n) is 3.18. The zero-order valence-corrected chi connectivity index (χ0v) is 15.9. The normalized spacial score (nSPS) is 16.8. The summed E-state index contributed by atoms with van der Waals surface area (Å²) in [7, 11) is -1.71. The Hall–Kier alpha value is -2.83. The lowest BCUT2D eigenvalue weighted by atomic mass is 9.76. The maximum atomic E-state index is 12.2. The third-order valence-electron chi connectivity index (χ3n) is 4.78. The fourth-order valence-corrected chi connectivity index (χ4v) is 3.18. The Morgan fingerprint density at radius 3 is 2.68 bits per heavy atom. The maximum absolute atomic E-state index is 12.2. The Balaban J connectivity index is 1.88. The summed E-state index contributed by atoms with van der Waals surface area (Å²) in [5.74, 6) is -1.29. The van der Waals surface area contributed by atoms with Gasteiger partial charge in [-0.25, -0.2) is 4.79 Å². The summed E-state index contributed by atoms with van der Waals surface area (Å²) in [5.41, 5.74) is 1.83. The van der Waals surface area contributed by atoms with E-state index in [1.807, 2.05) is 31.2 Å². The number of nitrogens with one attached hydrogen (secondary N) is 2. The Labute approximate surface area is 165 Å². The van der Waals surface area contributed by atoms with Crippen LogP contribution in [-0.4, -0.2) is 59.1 Å². The van der Waals surface area contributed by atoms with Crippen LogP contribution >= 0.6 is 0 Å². The highest BCUT2D eigenvalue weighted by atomic mass is 16.4. The summed E-state index contributed by atoms with van der Waals surface area (Å²) in [6, 6.07) is 8.54. The molecule has 1 fully saturated rings. The topological polar surface area (TPSA) is 126 Å². The molecule has 0 radical (unpaired) electrons. The number of carbonyl (C=O) groups excluding carboxylic acids is 2. The van der Waals surface area contributed by atoms with Crippen molar-refractivity contribution >= 4 is 19.1 Å². The van der Waals surface area contributed by atoms with Gasteiger partial charge in [-0.1, -0.05) is 36.4 Å². The summed E-state index contributed by atoms with van der Waals surface area (Å²) in [4.78, 5) is 25.9. The SMILES string of the molecule is C=C(C#N)C(=O)N1CCC[C@@H]1CNC(=O)N[C@@H](Cc1ccc(C)cc1)B(O)O. The van der Waals surface area contributed by atoms with Gasteiger partial charge in [-0.15, -0.1) is 0 Å². The van der Waals surface area contributed by atoms with Crippen LogP contribution in [0.2, 0.25) is 0 Å². The number of aryl methyl sites for hydroxylation is 1. The van der Waals surface area contributed by atoms with Gasteiger partial charge >= 0.3 is 13.1 Å². The molecule has 2 atom stereocenters. The Morgan fingerprint density at radius 1 is 1.39 bits per heavy atom. The molecule has 0 bridgehead atoms. The van der Waals surface area contributed by atoms with Gasteiger partial charge in [-0.2, -0.15) is 5.26 Å². The van der Waals surface area contributed by atoms with Crippen molar-refractivity contribution in [2.45, 2.75) is 38.2 Å². The third kappa shape index (κ3) is 5.84. The van der Waals surface area contributed by atoms with E-state index >= 15 is 0 Å². The van der Waals surface area contributed by atoms with Crippen molar-refractivity contribution in [2.75, 3.05) is 13.1 Å². The quantitative estimate of drug-likeness (QED) is 0.305. The molecule has 8 nitrogen and oxygen atoms in total. The van der Waals surface area contributed by atoms with E-state index in [0.29, 0.717) is 13.0 Å². The molecule has 28 heavy (non-hydrogen) atoms. The third-order valence-corrected chi connectivity index (χ3v) is 4.78. The number of hydrogen-bond donors (Lipinski definition) is 4. The molecule has 2 rings (SSSR count). The van der Waals surface area contributed by atoms with E-state index in [0.717, 1.165) is 17.5 Å². The summed E-state index contributed by atoms with van der Waals surface area (Å²) in [5, 5.41) is 33.2. The van der Waals surface area contributed by atoms with E-state index in [4.69, 9.17) is 5.26 Å². The lowest BCUT2D eigenvalue weighted by Gasteiger charge is -2.25. The van der Waals surface area contributed by atoms with Crippen molar-refractivity contribution in [3.8, 4) is 6.07 Å². The zero-order chi connectivity index (χ0) is 20.7. The molecule has 0 spiro atoms. The van der Waals surface area contributed by atoms with E-state index in [1.54, 1.807) is 6.07 Å². The molecule has 0 saturated carbocycles.